The number of aryl methyl sites for hydroxylation is 2. The lowest BCUT2D eigenvalue weighted by molar-refractivity contribution is 0.585. The summed E-state index contributed by atoms with van der Waals surface area (Å²) < 4.78 is 3.76. The van der Waals surface area contributed by atoms with E-state index in [4.69, 9.17) is 0 Å². The first kappa shape index (κ1) is 14.4. The van der Waals surface area contributed by atoms with E-state index in [1.807, 2.05) is 40.1 Å². The third kappa shape index (κ3) is 3.24. The number of aromatic amines is 1. The van der Waals surface area contributed by atoms with Crippen molar-refractivity contribution >= 4 is 0 Å². The van der Waals surface area contributed by atoms with E-state index in [0.29, 0.717) is 0 Å². The molecule has 120 valence electrons. The summed E-state index contributed by atoms with van der Waals surface area (Å²) in [5.74, 6) is 0. The molecule has 1 aromatic carbocycles. The molecule has 7 nitrogen and oxygen atoms in total. The minimum Gasteiger partial charge on any atom is -0.348 e. The number of H-pyrrole nitrogens is 1. The van der Waals surface area contributed by atoms with E-state index >= 15 is 0 Å². The molecule has 0 aliphatic rings. The first-order valence-corrected chi connectivity index (χ1v) is 7.81. The van der Waals surface area contributed by atoms with Crippen molar-refractivity contribution in [3.8, 4) is 11.3 Å². The predicted octanol–water partition coefficient (Wildman–Crippen LogP) is 2.16. The molecule has 0 fully saturated rings. The maximum atomic E-state index is 4.29. The standard InChI is InChI=1S/C17H17N7/c1-3-14(11-23-7-2-6-20-23)9-15(4-1)17-12-24(22-21-17)8-5-16-10-18-13-19-16/h1-4,6-7,9-10,12-13H,5,8,11H2,(H,18,19). The Labute approximate surface area is 139 Å². The minimum absolute atomic E-state index is 0.745. The van der Waals surface area contributed by atoms with Crippen molar-refractivity contribution in [1.82, 2.24) is 34.7 Å². The second-order valence-corrected chi connectivity index (χ2v) is 5.60. The van der Waals surface area contributed by atoms with Crippen LogP contribution >= 0.6 is 0 Å². The van der Waals surface area contributed by atoms with Gasteiger partial charge in [0.15, 0.2) is 0 Å². The molecule has 3 heterocycles. The van der Waals surface area contributed by atoms with Crippen molar-refractivity contribution in [3.05, 3.63) is 72.7 Å². The zero-order valence-corrected chi connectivity index (χ0v) is 13.1. The van der Waals surface area contributed by atoms with Crippen LogP contribution in [-0.2, 0) is 19.5 Å². The average molecular weight is 319 g/mol. The minimum atomic E-state index is 0.745. The van der Waals surface area contributed by atoms with Crippen LogP contribution in [0.1, 0.15) is 11.3 Å². The normalized spacial score (nSPS) is 11.0. The SMILES string of the molecule is c1cc(Cn2cccn2)cc(-c2cn(CCc3cnc[nH]3)nn2)c1. The van der Waals surface area contributed by atoms with Gasteiger partial charge in [-0.25, -0.2) is 4.98 Å². The van der Waals surface area contributed by atoms with E-state index in [9.17, 15) is 0 Å². The van der Waals surface area contributed by atoms with Gasteiger partial charge in [0.05, 0.1) is 19.1 Å². The highest BCUT2D eigenvalue weighted by atomic mass is 15.4. The monoisotopic (exact) mass is 319 g/mol. The second-order valence-electron chi connectivity index (χ2n) is 5.60. The third-order valence-corrected chi connectivity index (χ3v) is 3.83. The Morgan fingerprint density at radius 3 is 2.96 bits per heavy atom. The van der Waals surface area contributed by atoms with Crippen LogP contribution in [0.4, 0.5) is 0 Å². The number of nitrogens with zero attached hydrogens (tertiary/aromatic N) is 6. The number of hydrogen-bond donors (Lipinski definition) is 1. The van der Waals surface area contributed by atoms with Gasteiger partial charge in [0.1, 0.15) is 5.69 Å². The summed E-state index contributed by atoms with van der Waals surface area (Å²) in [4.78, 5) is 7.11. The van der Waals surface area contributed by atoms with Crippen molar-refractivity contribution in [3.63, 3.8) is 0 Å². The maximum Gasteiger partial charge on any atom is 0.113 e. The molecule has 4 aromatic rings. The topological polar surface area (TPSA) is 77.2 Å². The molecule has 3 aromatic heterocycles. The highest BCUT2D eigenvalue weighted by Gasteiger charge is 2.06. The predicted molar refractivity (Wildman–Crippen MR) is 89.1 cm³/mol. The zero-order chi connectivity index (χ0) is 16.2. The summed E-state index contributed by atoms with van der Waals surface area (Å²) in [5, 5.41) is 12.7. The number of rotatable bonds is 6. The Kier molecular flexibility index (Phi) is 3.89. The van der Waals surface area contributed by atoms with Crippen LogP contribution in [0.3, 0.4) is 0 Å². The fourth-order valence-corrected chi connectivity index (χ4v) is 2.61. The van der Waals surface area contributed by atoms with Crippen molar-refractivity contribution in [2.45, 2.75) is 19.5 Å². The van der Waals surface area contributed by atoms with Gasteiger partial charge < -0.3 is 4.98 Å². The molecule has 0 bridgehead atoms. The molecular formula is C17H17N7. The van der Waals surface area contributed by atoms with Crippen molar-refractivity contribution in [2.75, 3.05) is 0 Å². The van der Waals surface area contributed by atoms with Crippen LogP contribution in [0.2, 0.25) is 0 Å². The Hall–Kier alpha value is -3.22. The molecule has 0 atom stereocenters. The van der Waals surface area contributed by atoms with E-state index < -0.39 is 0 Å². The summed E-state index contributed by atoms with van der Waals surface area (Å²) in [6, 6.07) is 10.2. The third-order valence-electron chi connectivity index (χ3n) is 3.83. The highest BCUT2D eigenvalue weighted by Crippen LogP contribution is 2.18. The number of hydrogen-bond acceptors (Lipinski definition) is 4. The fraction of sp³-hybridized carbons (Fsp3) is 0.176. The number of benzene rings is 1. The van der Waals surface area contributed by atoms with Gasteiger partial charge in [0.25, 0.3) is 0 Å². The summed E-state index contributed by atoms with van der Waals surface area (Å²) in [7, 11) is 0. The Bertz CT molecular complexity index is 891. The molecule has 0 amide bonds. The zero-order valence-electron chi connectivity index (χ0n) is 13.1. The average Bonchev–Trinajstić information content (AvgIpc) is 3.36. The molecule has 0 saturated heterocycles. The van der Waals surface area contributed by atoms with Crippen molar-refractivity contribution in [2.24, 2.45) is 0 Å². The smallest absolute Gasteiger partial charge is 0.113 e. The van der Waals surface area contributed by atoms with E-state index in [0.717, 1.165) is 36.5 Å². The lowest BCUT2D eigenvalue weighted by Crippen LogP contribution is -2.02. The van der Waals surface area contributed by atoms with Crippen LogP contribution in [-0.4, -0.2) is 34.7 Å². The van der Waals surface area contributed by atoms with Crippen LogP contribution in [0.25, 0.3) is 11.3 Å². The summed E-state index contributed by atoms with van der Waals surface area (Å²) in [6.45, 7) is 1.51. The van der Waals surface area contributed by atoms with Crippen LogP contribution in [0.15, 0.2) is 61.4 Å². The lowest BCUT2D eigenvalue weighted by Gasteiger charge is -2.03. The second kappa shape index (κ2) is 6.49. The molecule has 0 saturated carbocycles. The van der Waals surface area contributed by atoms with Crippen LogP contribution in [0.5, 0.6) is 0 Å². The maximum absolute atomic E-state index is 4.29. The first-order chi connectivity index (χ1) is 11.9. The van der Waals surface area contributed by atoms with Gasteiger partial charge in [0.2, 0.25) is 0 Å². The Morgan fingerprint density at radius 2 is 2.12 bits per heavy atom. The van der Waals surface area contributed by atoms with Crippen LogP contribution < -0.4 is 0 Å². The molecule has 0 aliphatic heterocycles. The summed E-state index contributed by atoms with van der Waals surface area (Å²) in [5.41, 5.74) is 4.21. The van der Waals surface area contributed by atoms with Crippen molar-refractivity contribution < 1.29 is 0 Å². The summed E-state index contributed by atoms with van der Waals surface area (Å²) >= 11 is 0. The molecule has 0 radical (unpaired) electrons. The number of nitrogens with one attached hydrogen (secondary N) is 1. The summed E-state index contributed by atoms with van der Waals surface area (Å²) in [6.07, 6.45) is 10.1. The molecular weight excluding hydrogens is 302 g/mol. The van der Waals surface area contributed by atoms with E-state index in [2.05, 4.69) is 43.6 Å². The number of aromatic nitrogens is 7. The van der Waals surface area contributed by atoms with E-state index in [1.165, 1.54) is 5.56 Å². The van der Waals surface area contributed by atoms with Gasteiger partial charge in [-0.3, -0.25) is 9.36 Å². The van der Waals surface area contributed by atoms with Gasteiger partial charge in [-0.05, 0) is 17.7 Å². The molecule has 0 unspecified atom stereocenters. The van der Waals surface area contributed by atoms with E-state index in [1.54, 1.807) is 12.5 Å². The lowest BCUT2D eigenvalue weighted by atomic mass is 10.1. The fourth-order valence-electron chi connectivity index (χ4n) is 2.61. The van der Waals surface area contributed by atoms with Gasteiger partial charge in [0, 0.05) is 42.8 Å². The van der Waals surface area contributed by atoms with Gasteiger partial charge in [-0.1, -0.05) is 23.4 Å². The molecule has 0 aliphatic carbocycles. The highest BCUT2D eigenvalue weighted by molar-refractivity contribution is 5.58. The van der Waals surface area contributed by atoms with Gasteiger partial charge in [-0.15, -0.1) is 5.10 Å². The van der Waals surface area contributed by atoms with Crippen molar-refractivity contribution in [1.29, 1.82) is 0 Å². The molecule has 7 heteroatoms. The molecule has 24 heavy (non-hydrogen) atoms. The Balaban J connectivity index is 1.47. The molecule has 4 rings (SSSR count). The van der Waals surface area contributed by atoms with Gasteiger partial charge >= 0.3 is 0 Å². The van der Waals surface area contributed by atoms with Gasteiger partial charge in [-0.2, -0.15) is 5.10 Å². The van der Waals surface area contributed by atoms with E-state index in [-0.39, 0.29) is 0 Å². The van der Waals surface area contributed by atoms with Crippen LogP contribution in [0, 0.1) is 0 Å². The quantitative estimate of drug-likeness (QED) is 0.591. The first-order valence-electron chi connectivity index (χ1n) is 7.81. The molecule has 0 spiro atoms. The largest absolute Gasteiger partial charge is 0.348 e. The molecule has 1 N–H and O–H groups in total. The Morgan fingerprint density at radius 1 is 1.12 bits per heavy atom. The number of imidazole rings is 1.